The first-order valence-corrected chi connectivity index (χ1v) is 10.3. The molecule has 0 bridgehead atoms. The molecule has 0 saturated carbocycles. The molecule has 0 aliphatic heterocycles. The molecule has 1 aromatic heterocycles. The zero-order valence-electron chi connectivity index (χ0n) is 17.2. The second-order valence-electron chi connectivity index (χ2n) is 6.88. The van der Waals surface area contributed by atoms with E-state index >= 15 is 0 Å². The molecule has 0 unspecified atom stereocenters. The molecular formula is C24H21ClN4O2. The number of ether oxygens (including phenoxy) is 1. The van der Waals surface area contributed by atoms with E-state index in [2.05, 4.69) is 15.4 Å². The van der Waals surface area contributed by atoms with Gasteiger partial charge in [0.1, 0.15) is 5.75 Å². The average molecular weight is 433 g/mol. The number of nitrogens with zero attached hydrogens (tertiary/aromatic N) is 3. The van der Waals surface area contributed by atoms with Gasteiger partial charge in [0.25, 0.3) is 5.91 Å². The van der Waals surface area contributed by atoms with Crippen molar-refractivity contribution in [1.29, 1.82) is 0 Å². The van der Waals surface area contributed by atoms with E-state index in [-0.39, 0.29) is 11.7 Å². The van der Waals surface area contributed by atoms with Crippen LogP contribution in [0, 0.1) is 6.92 Å². The molecular weight excluding hydrogens is 412 g/mol. The maximum Gasteiger partial charge on any atom is 0.295 e. The molecule has 0 fully saturated rings. The highest BCUT2D eigenvalue weighted by Gasteiger charge is 2.19. The summed E-state index contributed by atoms with van der Waals surface area (Å²) in [5, 5.41) is 7.96. The van der Waals surface area contributed by atoms with Crippen LogP contribution >= 0.6 is 11.6 Å². The van der Waals surface area contributed by atoms with Gasteiger partial charge in [0, 0.05) is 16.3 Å². The number of aromatic nitrogens is 3. The molecule has 0 aliphatic rings. The monoisotopic (exact) mass is 432 g/mol. The lowest BCUT2D eigenvalue weighted by Crippen LogP contribution is -2.15. The molecule has 0 saturated heterocycles. The Hall–Kier alpha value is -3.64. The molecule has 3 aromatic carbocycles. The summed E-state index contributed by atoms with van der Waals surface area (Å²) in [5.74, 6) is 0.948. The number of carbonyl (C=O) groups is 1. The van der Waals surface area contributed by atoms with Crippen molar-refractivity contribution in [3.8, 4) is 22.8 Å². The molecule has 0 atom stereocenters. The van der Waals surface area contributed by atoms with Crippen molar-refractivity contribution in [3.63, 3.8) is 0 Å². The van der Waals surface area contributed by atoms with Gasteiger partial charge in [0.15, 0.2) is 5.82 Å². The van der Waals surface area contributed by atoms with Crippen LogP contribution in [-0.4, -0.2) is 27.3 Å². The van der Waals surface area contributed by atoms with Crippen LogP contribution in [0.25, 0.3) is 17.1 Å². The minimum absolute atomic E-state index is 0.0621. The van der Waals surface area contributed by atoms with Crippen LogP contribution in [0.5, 0.6) is 5.75 Å². The fourth-order valence-corrected chi connectivity index (χ4v) is 3.33. The number of aryl methyl sites for hydroxylation is 1. The standard InChI is InChI=1S/C24H21ClN4O2/c1-3-31-20-13-11-19(12-14-20)29-23(17-8-6-9-18(25)15-17)27-22(28-29)24(30)26-21-10-5-4-7-16(21)2/h4-15H,3H2,1-2H3,(H,26,30). The van der Waals surface area contributed by atoms with E-state index in [1.165, 1.54) is 0 Å². The van der Waals surface area contributed by atoms with Crippen molar-refractivity contribution < 1.29 is 9.53 Å². The van der Waals surface area contributed by atoms with E-state index in [0.717, 1.165) is 22.6 Å². The Balaban J connectivity index is 1.75. The smallest absolute Gasteiger partial charge is 0.295 e. The van der Waals surface area contributed by atoms with E-state index in [0.29, 0.717) is 23.1 Å². The fraction of sp³-hybridized carbons (Fsp3) is 0.125. The molecule has 0 radical (unpaired) electrons. The quantitative estimate of drug-likeness (QED) is 0.434. The van der Waals surface area contributed by atoms with Crippen molar-refractivity contribution in [2.75, 3.05) is 11.9 Å². The Labute approximate surface area is 185 Å². The predicted molar refractivity (Wildman–Crippen MR) is 122 cm³/mol. The molecule has 0 spiro atoms. The maximum atomic E-state index is 12.9. The summed E-state index contributed by atoms with van der Waals surface area (Å²) in [6, 6.07) is 22.3. The van der Waals surface area contributed by atoms with Crippen LogP contribution in [-0.2, 0) is 0 Å². The van der Waals surface area contributed by atoms with Crippen molar-refractivity contribution in [2.45, 2.75) is 13.8 Å². The lowest BCUT2D eigenvalue weighted by Gasteiger charge is -2.08. The predicted octanol–water partition coefficient (Wildman–Crippen LogP) is 5.55. The van der Waals surface area contributed by atoms with E-state index < -0.39 is 0 Å². The number of carbonyl (C=O) groups excluding carboxylic acids is 1. The van der Waals surface area contributed by atoms with E-state index in [1.807, 2.05) is 74.5 Å². The molecule has 31 heavy (non-hydrogen) atoms. The highest BCUT2D eigenvalue weighted by molar-refractivity contribution is 6.30. The minimum atomic E-state index is -0.387. The summed E-state index contributed by atoms with van der Waals surface area (Å²) < 4.78 is 7.15. The average Bonchev–Trinajstić information content (AvgIpc) is 3.22. The van der Waals surface area contributed by atoms with Gasteiger partial charge in [-0.15, -0.1) is 5.10 Å². The van der Waals surface area contributed by atoms with Crippen LogP contribution in [0.2, 0.25) is 5.02 Å². The third-order valence-electron chi connectivity index (χ3n) is 4.68. The fourth-order valence-electron chi connectivity index (χ4n) is 3.14. The normalized spacial score (nSPS) is 10.7. The largest absolute Gasteiger partial charge is 0.494 e. The molecule has 7 heteroatoms. The minimum Gasteiger partial charge on any atom is -0.494 e. The topological polar surface area (TPSA) is 69.0 Å². The Morgan fingerprint density at radius 3 is 2.55 bits per heavy atom. The molecule has 1 N–H and O–H groups in total. The van der Waals surface area contributed by atoms with Gasteiger partial charge in [-0.2, -0.15) is 0 Å². The van der Waals surface area contributed by atoms with Gasteiger partial charge in [-0.25, -0.2) is 9.67 Å². The Morgan fingerprint density at radius 2 is 1.84 bits per heavy atom. The second kappa shape index (κ2) is 9.02. The Kier molecular flexibility index (Phi) is 6.00. The number of amides is 1. The van der Waals surface area contributed by atoms with E-state index in [1.54, 1.807) is 16.8 Å². The zero-order valence-corrected chi connectivity index (χ0v) is 17.9. The SMILES string of the molecule is CCOc1ccc(-n2nc(C(=O)Nc3ccccc3C)nc2-c2cccc(Cl)c2)cc1. The highest BCUT2D eigenvalue weighted by atomic mass is 35.5. The van der Waals surface area contributed by atoms with Gasteiger partial charge in [-0.3, -0.25) is 4.79 Å². The van der Waals surface area contributed by atoms with Crippen LogP contribution in [0.4, 0.5) is 5.69 Å². The van der Waals surface area contributed by atoms with Crippen molar-refractivity contribution >= 4 is 23.2 Å². The Morgan fingerprint density at radius 1 is 1.06 bits per heavy atom. The van der Waals surface area contributed by atoms with Crippen molar-refractivity contribution in [3.05, 3.63) is 89.2 Å². The van der Waals surface area contributed by atoms with Crippen LogP contribution in [0.3, 0.4) is 0 Å². The first-order chi connectivity index (χ1) is 15.0. The van der Waals surface area contributed by atoms with Gasteiger partial charge in [0.2, 0.25) is 5.82 Å². The number of hydrogen-bond acceptors (Lipinski definition) is 4. The number of nitrogens with one attached hydrogen (secondary N) is 1. The number of rotatable bonds is 6. The van der Waals surface area contributed by atoms with Crippen LogP contribution in [0.1, 0.15) is 23.1 Å². The second-order valence-corrected chi connectivity index (χ2v) is 7.31. The highest BCUT2D eigenvalue weighted by Crippen LogP contribution is 2.25. The van der Waals surface area contributed by atoms with Crippen molar-refractivity contribution in [2.24, 2.45) is 0 Å². The number of anilines is 1. The number of hydrogen-bond donors (Lipinski definition) is 1. The van der Waals surface area contributed by atoms with Gasteiger partial charge < -0.3 is 10.1 Å². The molecule has 1 heterocycles. The van der Waals surface area contributed by atoms with Gasteiger partial charge in [-0.1, -0.05) is 41.9 Å². The lowest BCUT2D eigenvalue weighted by molar-refractivity contribution is 0.101. The summed E-state index contributed by atoms with van der Waals surface area (Å²) in [6.07, 6.45) is 0. The third-order valence-corrected chi connectivity index (χ3v) is 4.91. The van der Waals surface area contributed by atoms with Crippen LogP contribution in [0.15, 0.2) is 72.8 Å². The van der Waals surface area contributed by atoms with Gasteiger partial charge >= 0.3 is 0 Å². The summed E-state index contributed by atoms with van der Waals surface area (Å²) in [7, 11) is 0. The number of halogens is 1. The summed E-state index contributed by atoms with van der Waals surface area (Å²) >= 11 is 6.19. The van der Waals surface area contributed by atoms with Gasteiger partial charge in [-0.05, 0) is 61.9 Å². The molecule has 4 rings (SSSR count). The van der Waals surface area contributed by atoms with Crippen molar-refractivity contribution in [1.82, 2.24) is 14.8 Å². The molecule has 0 aliphatic carbocycles. The molecule has 4 aromatic rings. The summed E-state index contributed by atoms with van der Waals surface area (Å²) in [5.41, 5.74) is 3.18. The van der Waals surface area contributed by atoms with Crippen LogP contribution < -0.4 is 10.1 Å². The molecule has 6 nitrogen and oxygen atoms in total. The number of benzene rings is 3. The zero-order chi connectivity index (χ0) is 21.8. The molecule has 1 amide bonds. The summed E-state index contributed by atoms with van der Waals surface area (Å²) in [6.45, 7) is 4.44. The summed E-state index contributed by atoms with van der Waals surface area (Å²) in [4.78, 5) is 17.4. The lowest BCUT2D eigenvalue weighted by atomic mass is 10.2. The first-order valence-electron chi connectivity index (χ1n) is 9.88. The number of para-hydroxylation sites is 1. The first kappa shape index (κ1) is 20.6. The molecule has 156 valence electrons. The van der Waals surface area contributed by atoms with E-state index in [9.17, 15) is 4.79 Å². The third kappa shape index (κ3) is 4.59. The maximum absolute atomic E-state index is 12.9. The Bertz CT molecular complexity index is 1220. The van der Waals surface area contributed by atoms with E-state index in [4.69, 9.17) is 16.3 Å². The van der Waals surface area contributed by atoms with Gasteiger partial charge in [0.05, 0.1) is 12.3 Å².